The summed E-state index contributed by atoms with van der Waals surface area (Å²) >= 11 is 0. The largest absolute Gasteiger partial charge is 0.384 e. The molecule has 1 aliphatic heterocycles. The van der Waals surface area contributed by atoms with Crippen LogP contribution in [0.4, 0.5) is 5.82 Å². The van der Waals surface area contributed by atoms with E-state index in [2.05, 4.69) is 20.6 Å². The molecule has 1 aromatic heterocycles. The Kier molecular flexibility index (Phi) is 3.47. The highest BCUT2D eigenvalue weighted by Gasteiger charge is 2.16. The van der Waals surface area contributed by atoms with Crippen LogP contribution >= 0.6 is 0 Å². The molecule has 0 radical (unpaired) electrons. The van der Waals surface area contributed by atoms with Gasteiger partial charge in [0.25, 0.3) is 0 Å². The molecule has 0 spiro atoms. The van der Waals surface area contributed by atoms with Gasteiger partial charge in [0.15, 0.2) is 0 Å². The molecule has 0 unspecified atom stereocenters. The van der Waals surface area contributed by atoms with Crippen molar-refractivity contribution >= 4 is 5.82 Å². The molecule has 1 fully saturated rings. The van der Waals surface area contributed by atoms with Gasteiger partial charge in [0, 0.05) is 38.4 Å². The van der Waals surface area contributed by atoms with E-state index in [1.54, 1.807) is 13.4 Å². The molecule has 0 saturated carbocycles. The summed E-state index contributed by atoms with van der Waals surface area (Å²) in [6.07, 6.45) is 2.43. The van der Waals surface area contributed by atoms with E-state index in [9.17, 15) is 0 Å². The summed E-state index contributed by atoms with van der Waals surface area (Å²) in [5.41, 5.74) is 1.02. The Hall–Kier alpha value is -1.20. The molecule has 15 heavy (non-hydrogen) atoms. The quantitative estimate of drug-likeness (QED) is 0.716. The van der Waals surface area contributed by atoms with Crippen molar-refractivity contribution in [1.29, 1.82) is 0 Å². The van der Waals surface area contributed by atoms with Crippen LogP contribution in [0.5, 0.6) is 0 Å². The van der Waals surface area contributed by atoms with E-state index in [0.29, 0.717) is 12.6 Å². The van der Waals surface area contributed by atoms with Gasteiger partial charge in [0.05, 0.1) is 12.6 Å². The molecule has 1 aliphatic rings. The highest BCUT2D eigenvalue weighted by Crippen LogP contribution is 2.08. The minimum absolute atomic E-state index is 0.509. The van der Waals surface area contributed by atoms with E-state index in [-0.39, 0.29) is 0 Å². The molecule has 1 aromatic rings. The number of nitrogens with one attached hydrogen (secondary N) is 2. The van der Waals surface area contributed by atoms with Gasteiger partial charge in [-0.3, -0.25) is 0 Å². The summed E-state index contributed by atoms with van der Waals surface area (Å²) in [5, 5.41) is 6.55. The van der Waals surface area contributed by atoms with E-state index < -0.39 is 0 Å². The SMILES string of the molecule is COCCc1cc(NC2CNC2)ncn1. The predicted molar refractivity (Wildman–Crippen MR) is 57.9 cm³/mol. The first kappa shape index (κ1) is 10.3. The standard InChI is InChI=1S/C10H16N4O/c1-15-3-2-8-4-10(13-7-12-8)14-9-5-11-6-9/h4,7,9,11H,2-3,5-6H2,1H3,(H,12,13,14). The van der Waals surface area contributed by atoms with Crippen molar-refractivity contribution in [3.8, 4) is 0 Å². The molecule has 2 heterocycles. The van der Waals surface area contributed by atoms with Crippen LogP contribution in [0.3, 0.4) is 0 Å². The van der Waals surface area contributed by atoms with Crippen molar-refractivity contribution in [1.82, 2.24) is 15.3 Å². The molecule has 5 heteroatoms. The van der Waals surface area contributed by atoms with Gasteiger partial charge in [-0.2, -0.15) is 0 Å². The summed E-state index contributed by atoms with van der Waals surface area (Å²) in [7, 11) is 1.69. The average molecular weight is 208 g/mol. The lowest BCUT2D eigenvalue weighted by Gasteiger charge is -2.28. The van der Waals surface area contributed by atoms with Crippen LogP contribution in [-0.4, -0.2) is 42.8 Å². The number of nitrogens with zero attached hydrogens (tertiary/aromatic N) is 2. The number of anilines is 1. The average Bonchev–Trinajstić information content (AvgIpc) is 2.21. The molecular weight excluding hydrogens is 192 g/mol. The van der Waals surface area contributed by atoms with Crippen molar-refractivity contribution in [2.24, 2.45) is 0 Å². The number of hydrogen-bond acceptors (Lipinski definition) is 5. The van der Waals surface area contributed by atoms with E-state index in [4.69, 9.17) is 4.74 Å². The molecule has 0 bridgehead atoms. The maximum absolute atomic E-state index is 5.01. The zero-order valence-corrected chi connectivity index (χ0v) is 8.86. The second-order valence-electron chi connectivity index (χ2n) is 3.64. The van der Waals surface area contributed by atoms with Crippen molar-refractivity contribution in [3.05, 3.63) is 18.1 Å². The first-order valence-electron chi connectivity index (χ1n) is 5.15. The zero-order valence-electron chi connectivity index (χ0n) is 8.86. The summed E-state index contributed by atoms with van der Waals surface area (Å²) < 4.78 is 5.01. The lowest BCUT2D eigenvalue weighted by Crippen LogP contribution is -2.51. The maximum atomic E-state index is 5.01. The Morgan fingerprint density at radius 3 is 3.07 bits per heavy atom. The molecule has 0 aromatic carbocycles. The zero-order chi connectivity index (χ0) is 10.5. The molecular formula is C10H16N4O. The smallest absolute Gasteiger partial charge is 0.129 e. The number of methoxy groups -OCH3 is 1. The van der Waals surface area contributed by atoms with Crippen molar-refractivity contribution in [2.45, 2.75) is 12.5 Å². The van der Waals surface area contributed by atoms with Crippen LogP contribution in [0.15, 0.2) is 12.4 Å². The predicted octanol–water partition coefficient (Wildman–Crippen LogP) is 0.0492. The van der Waals surface area contributed by atoms with Gasteiger partial charge in [0.2, 0.25) is 0 Å². The van der Waals surface area contributed by atoms with Crippen LogP contribution in [0.2, 0.25) is 0 Å². The minimum atomic E-state index is 0.509. The summed E-state index contributed by atoms with van der Waals surface area (Å²) in [5.74, 6) is 0.905. The normalized spacial score (nSPS) is 16.1. The lowest BCUT2D eigenvalue weighted by atomic mass is 10.2. The molecule has 0 atom stereocenters. The second kappa shape index (κ2) is 5.04. The van der Waals surface area contributed by atoms with Gasteiger partial charge in [0.1, 0.15) is 12.1 Å². The molecule has 2 rings (SSSR count). The van der Waals surface area contributed by atoms with Gasteiger partial charge < -0.3 is 15.4 Å². The highest BCUT2D eigenvalue weighted by molar-refractivity contribution is 5.37. The molecule has 5 nitrogen and oxygen atoms in total. The van der Waals surface area contributed by atoms with Crippen molar-refractivity contribution < 1.29 is 4.74 Å². The molecule has 1 saturated heterocycles. The van der Waals surface area contributed by atoms with Gasteiger partial charge >= 0.3 is 0 Å². The topological polar surface area (TPSA) is 59.1 Å². The fourth-order valence-electron chi connectivity index (χ4n) is 1.42. The number of ether oxygens (including phenoxy) is 1. The molecule has 0 amide bonds. The first-order chi connectivity index (χ1) is 7.38. The van der Waals surface area contributed by atoms with Crippen LogP contribution in [0.25, 0.3) is 0 Å². The van der Waals surface area contributed by atoms with Gasteiger partial charge in [-0.25, -0.2) is 9.97 Å². The van der Waals surface area contributed by atoms with E-state index in [1.807, 2.05) is 6.07 Å². The van der Waals surface area contributed by atoms with Crippen LogP contribution in [-0.2, 0) is 11.2 Å². The van der Waals surface area contributed by atoms with E-state index in [0.717, 1.165) is 31.0 Å². The molecule has 2 N–H and O–H groups in total. The number of rotatable bonds is 5. The fraction of sp³-hybridized carbons (Fsp3) is 0.600. The van der Waals surface area contributed by atoms with Gasteiger partial charge in [-0.05, 0) is 0 Å². The van der Waals surface area contributed by atoms with Crippen molar-refractivity contribution in [3.63, 3.8) is 0 Å². The third-order valence-electron chi connectivity index (χ3n) is 2.42. The van der Waals surface area contributed by atoms with Crippen molar-refractivity contribution in [2.75, 3.05) is 32.1 Å². The Morgan fingerprint density at radius 2 is 2.40 bits per heavy atom. The molecule has 82 valence electrons. The minimum Gasteiger partial charge on any atom is -0.384 e. The Bertz CT molecular complexity index is 314. The van der Waals surface area contributed by atoms with Crippen LogP contribution in [0, 0.1) is 0 Å². The Labute approximate surface area is 89.3 Å². The van der Waals surface area contributed by atoms with E-state index in [1.165, 1.54) is 0 Å². The second-order valence-corrected chi connectivity index (χ2v) is 3.64. The number of aromatic nitrogens is 2. The first-order valence-corrected chi connectivity index (χ1v) is 5.15. The fourth-order valence-corrected chi connectivity index (χ4v) is 1.42. The highest BCUT2D eigenvalue weighted by atomic mass is 16.5. The van der Waals surface area contributed by atoms with Gasteiger partial charge in [-0.1, -0.05) is 0 Å². The molecule has 0 aliphatic carbocycles. The maximum Gasteiger partial charge on any atom is 0.129 e. The third-order valence-corrected chi connectivity index (χ3v) is 2.42. The summed E-state index contributed by atoms with van der Waals surface area (Å²) in [4.78, 5) is 8.36. The number of hydrogen-bond donors (Lipinski definition) is 2. The van der Waals surface area contributed by atoms with Crippen LogP contribution in [0.1, 0.15) is 5.69 Å². The Morgan fingerprint density at radius 1 is 1.53 bits per heavy atom. The third kappa shape index (κ3) is 2.87. The van der Waals surface area contributed by atoms with E-state index >= 15 is 0 Å². The summed E-state index contributed by atoms with van der Waals surface area (Å²) in [6, 6.07) is 2.49. The Balaban J connectivity index is 1.92. The lowest BCUT2D eigenvalue weighted by molar-refractivity contribution is 0.201. The summed E-state index contributed by atoms with van der Waals surface area (Å²) in [6.45, 7) is 2.72. The monoisotopic (exact) mass is 208 g/mol. The van der Waals surface area contributed by atoms with Gasteiger partial charge in [-0.15, -0.1) is 0 Å². The van der Waals surface area contributed by atoms with Crippen LogP contribution < -0.4 is 10.6 Å².